The Kier molecular flexibility index (Phi) is 4.25. The number of aliphatic imine (C=N–C) groups is 1. The van der Waals surface area contributed by atoms with Crippen molar-refractivity contribution in [2.24, 2.45) is 4.99 Å². The van der Waals surface area contributed by atoms with Crippen molar-refractivity contribution < 1.29 is 19.7 Å². The summed E-state index contributed by atoms with van der Waals surface area (Å²) < 4.78 is 39.4. The van der Waals surface area contributed by atoms with E-state index >= 15 is 0 Å². The summed E-state index contributed by atoms with van der Waals surface area (Å²) in [6.45, 7) is 4.61. The van der Waals surface area contributed by atoms with Gasteiger partial charge in [0.25, 0.3) is 0 Å². The summed E-state index contributed by atoms with van der Waals surface area (Å²) in [6, 6.07) is 7.61. The maximum Gasteiger partial charge on any atom is 0.244 e. The number of halogens is 2. The highest BCUT2D eigenvalue weighted by atomic mass is 19.3. The Labute approximate surface area is 173 Å². The predicted octanol–water partition coefficient (Wildman–Crippen LogP) is 4.02. The number of nitrogens with zero attached hydrogens (tertiary/aromatic N) is 4. The van der Waals surface area contributed by atoms with Crippen LogP contribution in [-0.4, -0.2) is 46.1 Å². The van der Waals surface area contributed by atoms with Crippen molar-refractivity contribution in [1.29, 1.82) is 0 Å². The molecule has 0 amide bonds. The van der Waals surface area contributed by atoms with Gasteiger partial charge in [-0.25, -0.2) is 13.3 Å². The van der Waals surface area contributed by atoms with E-state index in [0.717, 1.165) is 22.4 Å². The number of hydrogen-bond acceptors (Lipinski definition) is 6. The topological polar surface area (TPSA) is 87.0 Å². The molecule has 2 N–H and O–H groups in total. The lowest BCUT2D eigenvalue weighted by atomic mass is 9.76. The van der Waals surface area contributed by atoms with Gasteiger partial charge in [-0.15, -0.1) is 5.10 Å². The minimum absolute atomic E-state index is 0. The number of benzene rings is 1. The zero-order valence-corrected chi connectivity index (χ0v) is 16.6. The molecule has 3 aromatic rings. The Morgan fingerprint density at radius 1 is 1.37 bits per heavy atom. The normalized spacial score (nSPS) is 21.0. The summed E-state index contributed by atoms with van der Waals surface area (Å²) in [6.07, 6.45) is -1.01. The van der Waals surface area contributed by atoms with Crippen LogP contribution in [0.15, 0.2) is 35.5 Å². The van der Waals surface area contributed by atoms with Crippen molar-refractivity contribution in [2.45, 2.75) is 38.2 Å². The first-order chi connectivity index (χ1) is 14.3. The lowest BCUT2D eigenvalue weighted by Gasteiger charge is -2.27. The zero-order chi connectivity index (χ0) is 21.0. The van der Waals surface area contributed by atoms with Crippen LogP contribution in [-0.2, 0) is 10.2 Å². The maximum atomic E-state index is 13.3. The first-order valence-electron chi connectivity index (χ1n) is 9.73. The fourth-order valence-corrected chi connectivity index (χ4v) is 4.07. The van der Waals surface area contributed by atoms with Crippen molar-refractivity contribution in [1.82, 2.24) is 14.6 Å². The van der Waals surface area contributed by atoms with E-state index in [1.807, 2.05) is 31.2 Å². The standard InChI is InChI=1S/C21H21F2N5O2.H2/c1-11-21(2,8-17(22)23)15-7-12(3-4-16(15)25-11)14-5-6-28-18(14)19(26-20(24)27-28)30-13-9-29-10-13;/h3-7,13,17H,8-10H2,1-2H3,(H2,24,27);1H. The largest absolute Gasteiger partial charge is 0.468 e. The molecule has 2 aliphatic rings. The molecule has 9 heteroatoms. The van der Waals surface area contributed by atoms with Crippen molar-refractivity contribution in [3.63, 3.8) is 0 Å². The van der Waals surface area contributed by atoms with E-state index in [0.29, 0.717) is 30.3 Å². The van der Waals surface area contributed by atoms with Gasteiger partial charge in [0.1, 0.15) is 11.6 Å². The van der Waals surface area contributed by atoms with Crippen LogP contribution in [0.3, 0.4) is 0 Å². The highest BCUT2D eigenvalue weighted by Crippen LogP contribution is 2.46. The van der Waals surface area contributed by atoms with Gasteiger partial charge in [0.15, 0.2) is 0 Å². The lowest BCUT2D eigenvalue weighted by Crippen LogP contribution is -2.39. The molecule has 2 aromatic heterocycles. The van der Waals surface area contributed by atoms with Gasteiger partial charge in [0.2, 0.25) is 18.3 Å². The quantitative estimate of drug-likeness (QED) is 0.680. The molecule has 2 aliphatic heterocycles. The number of fused-ring (bicyclic) bond motifs is 2. The van der Waals surface area contributed by atoms with E-state index in [2.05, 4.69) is 15.1 Å². The molecule has 1 unspecified atom stereocenters. The van der Waals surface area contributed by atoms with Crippen molar-refractivity contribution in [3.05, 3.63) is 36.0 Å². The van der Waals surface area contributed by atoms with E-state index < -0.39 is 11.8 Å². The third-order valence-electron chi connectivity index (χ3n) is 5.93. The summed E-state index contributed by atoms with van der Waals surface area (Å²) in [5.74, 6) is 0.474. The number of aromatic nitrogens is 3. The van der Waals surface area contributed by atoms with Gasteiger partial charge in [-0.3, -0.25) is 4.99 Å². The number of rotatable bonds is 5. The van der Waals surface area contributed by atoms with Crippen molar-refractivity contribution in [3.8, 4) is 17.0 Å². The minimum atomic E-state index is -2.42. The number of anilines is 1. The Balaban J connectivity index is 0.00000231. The van der Waals surface area contributed by atoms with Gasteiger partial charge in [0, 0.05) is 30.7 Å². The number of ether oxygens (including phenoxy) is 2. The van der Waals surface area contributed by atoms with Gasteiger partial charge in [0.05, 0.1) is 18.9 Å². The number of alkyl halides is 2. The van der Waals surface area contributed by atoms with Gasteiger partial charge in [-0.2, -0.15) is 4.98 Å². The maximum absolute atomic E-state index is 13.3. The second kappa shape index (κ2) is 6.73. The van der Waals surface area contributed by atoms with Crippen LogP contribution in [0.2, 0.25) is 0 Å². The summed E-state index contributed by atoms with van der Waals surface area (Å²) in [4.78, 5) is 8.81. The van der Waals surface area contributed by atoms with E-state index in [-0.39, 0.29) is 19.9 Å². The second-order valence-electron chi connectivity index (χ2n) is 7.93. The molecule has 5 rings (SSSR count). The molecule has 0 aliphatic carbocycles. The molecule has 1 aromatic carbocycles. The summed E-state index contributed by atoms with van der Waals surface area (Å²) in [5.41, 5.74) is 9.60. The number of nitrogen functional groups attached to an aromatic ring is 1. The second-order valence-corrected chi connectivity index (χ2v) is 7.93. The van der Waals surface area contributed by atoms with Gasteiger partial charge in [-0.05, 0) is 43.2 Å². The first kappa shape index (κ1) is 18.9. The van der Waals surface area contributed by atoms with Gasteiger partial charge in [-0.1, -0.05) is 6.07 Å². The van der Waals surface area contributed by atoms with Crippen LogP contribution in [0.1, 0.15) is 27.3 Å². The molecule has 158 valence electrons. The molecule has 7 nitrogen and oxygen atoms in total. The van der Waals surface area contributed by atoms with E-state index in [4.69, 9.17) is 15.2 Å². The Morgan fingerprint density at radius 3 is 2.87 bits per heavy atom. The molecular formula is C21H23F2N5O2. The molecule has 0 bridgehead atoms. The fourth-order valence-electron chi connectivity index (χ4n) is 4.07. The van der Waals surface area contributed by atoms with Crippen LogP contribution in [0.4, 0.5) is 20.4 Å². The molecule has 0 spiro atoms. The Bertz CT molecular complexity index is 1180. The minimum Gasteiger partial charge on any atom is -0.468 e. The predicted molar refractivity (Wildman–Crippen MR) is 111 cm³/mol. The average molecular weight is 415 g/mol. The third kappa shape index (κ3) is 2.92. The molecule has 4 heterocycles. The number of hydrogen-bond donors (Lipinski definition) is 1. The van der Waals surface area contributed by atoms with Crippen LogP contribution in [0, 0.1) is 0 Å². The van der Waals surface area contributed by atoms with Gasteiger partial charge < -0.3 is 15.2 Å². The lowest BCUT2D eigenvalue weighted by molar-refractivity contribution is -0.0808. The molecular weight excluding hydrogens is 392 g/mol. The van der Waals surface area contributed by atoms with Crippen LogP contribution >= 0.6 is 0 Å². The molecule has 0 radical (unpaired) electrons. The summed E-state index contributed by atoms with van der Waals surface area (Å²) in [5, 5.41) is 4.24. The summed E-state index contributed by atoms with van der Waals surface area (Å²) >= 11 is 0. The molecule has 30 heavy (non-hydrogen) atoms. The average Bonchev–Trinajstić information content (AvgIpc) is 3.17. The monoisotopic (exact) mass is 415 g/mol. The SMILES string of the molecule is CC1=Nc2ccc(-c3ccn4nc(N)nc(OC5COC5)c34)cc2C1(C)CC(F)F.[HH]. The van der Waals surface area contributed by atoms with E-state index in [1.54, 1.807) is 17.6 Å². The third-order valence-corrected chi connectivity index (χ3v) is 5.93. The first-order valence-corrected chi connectivity index (χ1v) is 9.73. The van der Waals surface area contributed by atoms with Gasteiger partial charge >= 0.3 is 0 Å². The molecule has 1 atom stereocenters. The molecule has 1 saturated heterocycles. The smallest absolute Gasteiger partial charge is 0.244 e. The number of nitrogens with two attached hydrogens (primary N) is 1. The molecule has 0 saturated carbocycles. The van der Waals surface area contributed by atoms with Crippen LogP contribution < -0.4 is 10.5 Å². The van der Waals surface area contributed by atoms with E-state index in [1.165, 1.54) is 0 Å². The fraction of sp³-hybridized carbons (Fsp3) is 0.381. The van der Waals surface area contributed by atoms with Crippen LogP contribution in [0.25, 0.3) is 16.6 Å². The highest BCUT2D eigenvalue weighted by molar-refractivity contribution is 6.01. The Hall–Kier alpha value is -3.07. The Morgan fingerprint density at radius 2 is 2.17 bits per heavy atom. The van der Waals surface area contributed by atoms with Crippen LogP contribution in [0.5, 0.6) is 5.88 Å². The van der Waals surface area contributed by atoms with Crippen molar-refractivity contribution in [2.75, 3.05) is 18.9 Å². The zero-order valence-electron chi connectivity index (χ0n) is 16.6. The highest BCUT2D eigenvalue weighted by Gasteiger charge is 2.39. The summed E-state index contributed by atoms with van der Waals surface area (Å²) in [7, 11) is 0. The molecule has 1 fully saturated rings. The van der Waals surface area contributed by atoms with Crippen molar-refractivity contribution >= 4 is 22.9 Å². The van der Waals surface area contributed by atoms with E-state index in [9.17, 15) is 8.78 Å².